The summed E-state index contributed by atoms with van der Waals surface area (Å²) in [5.74, 6) is -0.351. The first-order valence-corrected chi connectivity index (χ1v) is 7.48. The largest absolute Gasteiger partial charge is 0.481 e. The Hall–Kier alpha value is -2.35. The maximum absolute atomic E-state index is 11.9. The van der Waals surface area contributed by atoms with Gasteiger partial charge < -0.3 is 25.2 Å². The van der Waals surface area contributed by atoms with Crippen molar-refractivity contribution in [1.82, 2.24) is 15.6 Å². The van der Waals surface area contributed by atoms with Gasteiger partial charge in [-0.05, 0) is 18.9 Å². The third-order valence-electron chi connectivity index (χ3n) is 3.56. The minimum atomic E-state index is -0.872. The average Bonchev–Trinajstić information content (AvgIpc) is 2.99. The normalized spacial score (nSPS) is 20.0. The molecule has 1 fully saturated rings. The van der Waals surface area contributed by atoms with Gasteiger partial charge in [0, 0.05) is 37.4 Å². The number of carbonyl (C=O) groups is 2. The quantitative estimate of drug-likeness (QED) is 0.648. The molecule has 2 rings (SSSR count). The Bertz CT molecular complexity index is 534. The molecule has 0 bridgehead atoms. The van der Waals surface area contributed by atoms with Gasteiger partial charge in [-0.2, -0.15) is 0 Å². The fourth-order valence-corrected chi connectivity index (χ4v) is 2.41. The van der Waals surface area contributed by atoms with Crippen molar-refractivity contribution < 1.29 is 24.2 Å². The zero-order chi connectivity index (χ0) is 16.7. The first-order valence-electron chi connectivity index (χ1n) is 7.48. The highest BCUT2D eigenvalue weighted by Crippen LogP contribution is 2.29. The standard InChI is InChI=1S/C15H21N3O5/c1-22-12-5-4-10(9-17-12)14-11(6-8-23-14)18-15(21)16-7-2-3-13(19)20/h4-5,9,11,14H,2-3,6-8H2,1H3,(H,19,20)(H2,16,18,21)/t11-,14+/m0/s1. The van der Waals surface area contributed by atoms with E-state index in [2.05, 4.69) is 15.6 Å². The smallest absolute Gasteiger partial charge is 0.315 e. The molecule has 3 N–H and O–H groups in total. The van der Waals surface area contributed by atoms with Gasteiger partial charge >= 0.3 is 12.0 Å². The first-order chi connectivity index (χ1) is 11.1. The van der Waals surface area contributed by atoms with E-state index in [0.717, 1.165) is 5.56 Å². The van der Waals surface area contributed by atoms with Crippen LogP contribution in [0.25, 0.3) is 0 Å². The Labute approximate surface area is 134 Å². The molecule has 1 aliphatic rings. The van der Waals surface area contributed by atoms with E-state index in [-0.39, 0.29) is 24.6 Å². The lowest BCUT2D eigenvalue weighted by molar-refractivity contribution is -0.137. The maximum Gasteiger partial charge on any atom is 0.315 e. The monoisotopic (exact) mass is 323 g/mol. The topological polar surface area (TPSA) is 110 Å². The lowest BCUT2D eigenvalue weighted by Gasteiger charge is -2.20. The minimum absolute atomic E-state index is 0.0347. The van der Waals surface area contributed by atoms with Gasteiger partial charge in [-0.15, -0.1) is 0 Å². The third-order valence-corrected chi connectivity index (χ3v) is 3.56. The molecule has 2 amide bonds. The summed E-state index contributed by atoms with van der Waals surface area (Å²) < 4.78 is 10.7. The van der Waals surface area contributed by atoms with Crippen LogP contribution < -0.4 is 15.4 Å². The van der Waals surface area contributed by atoms with Crippen molar-refractivity contribution in [2.24, 2.45) is 0 Å². The van der Waals surface area contributed by atoms with Gasteiger partial charge in [0.25, 0.3) is 0 Å². The zero-order valence-corrected chi connectivity index (χ0v) is 12.9. The fourth-order valence-electron chi connectivity index (χ4n) is 2.41. The van der Waals surface area contributed by atoms with Gasteiger partial charge in [0.15, 0.2) is 0 Å². The van der Waals surface area contributed by atoms with Crippen molar-refractivity contribution in [1.29, 1.82) is 0 Å². The number of hydrogen-bond acceptors (Lipinski definition) is 5. The van der Waals surface area contributed by atoms with Crippen LogP contribution in [0.4, 0.5) is 4.79 Å². The van der Waals surface area contributed by atoms with Crippen LogP contribution in [0.1, 0.15) is 30.9 Å². The van der Waals surface area contributed by atoms with Crippen LogP contribution >= 0.6 is 0 Å². The maximum atomic E-state index is 11.9. The molecule has 0 spiro atoms. The molecule has 2 heterocycles. The van der Waals surface area contributed by atoms with Gasteiger partial charge in [0.1, 0.15) is 6.10 Å². The molecule has 2 atom stereocenters. The Morgan fingerprint density at radius 3 is 2.96 bits per heavy atom. The second-order valence-electron chi connectivity index (χ2n) is 5.22. The van der Waals surface area contributed by atoms with Crippen molar-refractivity contribution in [3.63, 3.8) is 0 Å². The van der Waals surface area contributed by atoms with Gasteiger partial charge in [0.05, 0.1) is 13.2 Å². The van der Waals surface area contributed by atoms with Crippen LogP contribution in [-0.4, -0.2) is 48.4 Å². The second kappa shape index (κ2) is 8.33. The molecule has 0 unspecified atom stereocenters. The van der Waals surface area contributed by atoms with E-state index in [9.17, 15) is 9.59 Å². The molecule has 0 aliphatic carbocycles. The van der Waals surface area contributed by atoms with Crippen LogP contribution in [0.2, 0.25) is 0 Å². The number of pyridine rings is 1. The number of nitrogens with one attached hydrogen (secondary N) is 2. The number of carboxylic acids is 1. The molecule has 1 aromatic heterocycles. The van der Waals surface area contributed by atoms with Gasteiger partial charge in [-0.3, -0.25) is 4.79 Å². The number of rotatable bonds is 7. The highest BCUT2D eigenvalue weighted by molar-refractivity contribution is 5.74. The molecule has 0 aromatic carbocycles. The summed E-state index contributed by atoms with van der Waals surface area (Å²) in [5, 5.41) is 14.1. The molecule has 1 saturated heterocycles. The van der Waals surface area contributed by atoms with Crippen LogP contribution in [-0.2, 0) is 9.53 Å². The lowest BCUT2D eigenvalue weighted by atomic mass is 10.0. The highest BCUT2D eigenvalue weighted by Gasteiger charge is 2.31. The van der Waals surface area contributed by atoms with Crippen molar-refractivity contribution in [2.45, 2.75) is 31.4 Å². The predicted octanol–water partition coefficient (Wildman–Crippen LogP) is 1.08. The van der Waals surface area contributed by atoms with E-state index in [1.54, 1.807) is 19.4 Å². The lowest BCUT2D eigenvalue weighted by Crippen LogP contribution is -2.43. The number of amides is 2. The van der Waals surface area contributed by atoms with E-state index in [0.29, 0.717) is 31.9 Å². The molecular formula is C15H21N3O5. The minimum Gasteiger partial charge on any atom is -0.481 e. The number of carbonyl (C=O) groups excluding carboxylic acids is 1. The van der Waals surface area contributed by atoms with Gasteiger partial charge in [0.2, 0.25) is 5.88 Å². The predicted molar refractivity (Wildman–Crippen MR) is 81.3 cm³/mol. The summed E-state index contributed by atoms with van der Waals surface area (Å²) in [7, 11) is 1.55. The van der Waals surface area contributed by atoms with Crippen molar-refractivity contribution in [3.05, 3.63) is 23.9 Å². The molecule has 1 aromatic rings. The number of hydrogen-bond donors (Lipinski definition) is 3. The number of urea groups is 1. The second-order valence-corrected chi connectivity index (χ2v) is 5.22. The summed E-state index contributed by atoms with van der Waals surface area (Å²) in [6, 6.07) is 3.14. The summed E-state index contributed by atoms with van der Waals surface area (Å²) >= 11 is 0. The van der Waals surface area contributed by atoms with Crippen molar-refractivity contribution in [3.8, 4) is 5.88 Å². The van der Waals surface area contributed by atoms with Crippen LogP contribution in [0.15, 0.2) is 18.3 Å². The van der Waals surface area contributed by atoms with E-state index in [1.807, 2.05) is 6.07 Å². The number of ether oxygens (including phenoxy) is 2. The summed E-state index contributed by atoms with van der Waals surface area (Å²) in [6.45, 7) is 0.876. The summed E-state index contributed by atoms with van der Waals surface area (Å²) in [5.41, 5.74) is 0.875. The molecule has 0 saturated carbocycles. The van der Waals surface area contributed by atoms with Gasteiger partial charge in [-0.25, -0.2) is 9.78 Å². The highest BCUT2D eigenvalue weighted by atomic mass is 16.5. The fraction of sp³-hybridized carbons (Fsp3) is 0.533. The average molecular weight is 323 g/mol. The van der Waals surface area contributed by atoms with E-state index >= 15 is 0 Å². The number of methoxy groups -OCH3 is 1. The number of carboxylic acid groups (broad SMARTS) is 1. The first kappa shape index (κ1) is 17.0. The molecule has 0 radical (unpaired) electrons. The Balaban J connectivity index is 1.83. The summed E-state index contributed by atoms with van der Waals surface area (Å²) in [6.07, 6.45) is 2.56. The Morgan fingerprint density at radius 1 is 1.48 bits per heavy atom. The molecule has 126 valence electrons. The molecular weight excluding hydrogens is 302 g/mol. The van der Waals surface area contributed by atoms with Crippen LogP contribution in [0, 0.1) is 0 Å². The van der Waals surface area contributed by atoms with Crippen molar-refractivity contribution in [2.75, 3.05) is 20.3 Å². The van der Waals surface area contributed by atoms with E-state index in [4.69, 9.17) is 14.6 Å². The number of aromatic nitrogens is 1. The van der Waals surface area contributed by atoms with Crippen molar-refractivity contribution >= 4 is 12.0 Å². The van der Waals surface area contributed by atoms with Crippen LogP contribution in [0.5, 0.6) is 5.88 Å². The van der Waals surface area contributed by atoms with E-state index in [1.165, 1.54) is 0 Å². The molecule has 1 aliphatic heterocycles. The number of nitrogens with zero attached hydrogens (tertiary/aromatic N) is 1. The Kier molecular flexibility index (Phi) is 6.16. The molecule has 8 heteroatoms. The summed E-state index contributed by atoms with van der Waals surface area (Å²) in [4.78, 5) is 26.4. The third kappa shape index (κ3) is 5.10. The van der Waals surface area contributed by atoms with E-state index < -0.39 is 5.97 Å². The SMILES string of the molecule is COc1ccc([C@H]2OCC[C@@H]2NC(=O)NCCCC(=O)O)cn1. The molecule has 8 nitrogen and oxygen atoms in total. The Morgan fingerprint density at radius 2 is 2.30 bits per heavy atom. The number of aliphatic carboxylic acids is 1. The zero-order valence-electron chi connectivity index (χ0n) is 12.9. The molecule has 23 heavy (non-hydrogen) atoms. The van der Waals surface area contributed by atoms with Crippen LogP contribution in [0.3, 0.4) is 0 Å². The van der Waals surface area contributed by atoms with Gasteiger partial charge in [-0.1, -0.05) is 0 Å².